The summed E-state index contributed by atoms with van der Waals surface area (Å²) in [4.78, 5) is 14.3. The lowest BCUT2D eigenvalue weighted by atomic mass is 9.94. The summed E-state index contributed by atoms with van der Waals surface area (Å²) >= 11 is 1.76. The van der Waals surface area contributed by atoms with E-state index in [-0.39, 0.29) is 0 Å². The molecule has 21 heavy (non-hydrogen) atoms. The summed E-state index contributed by atoms with van der Waals surface area (Å²) in [5.74, 6) is 2.77. The Hall–Kier alpha value is -1.36. The van der Waals surface area contributed by atoms with Crippen LogP contribution in [0, 0.1) is 12.8 Å². The van der Waals surface area contributed by atoms with Gasteiger partial charge in [-0.15, -0.1) is 11.3 Å². The molecule has 3 rings (SSSR count). The summed E-state index contributed by atoms with van der Waals surface area (Å²) in [7, 11) is 0. The molecule has 0 atom stereocenters. The molecule has 4 nitrogen and oxygen atoms in total. The molecule has 1 saturated heterocycles. The van der Waals surface area contributed by atoms with Crippen LogP contribution in [0.2, 0.25) is 0 Å². The van der Waals surface area contributed by atoms with Crippen molar-refractivity contribution in [2.24, 2.45) is 5.92 Å². The van der Waals surface area contributed by atoms with Gasteiger partial charge in [0.25, 0.3) is 0 Å². The second-order valence-corrected chi connectivity index (χ2v) is 7.05. The smallest absolute Gasteiger partial charge is 0.226 e. The minimum Gasteiger partial charge on any atom is -0.356 e. The van der Waals surface area contributed by atoms with Gasteiger partial charge in [-0.3, -0.25) is 0 Å². The highest BCUT2D eigenvalue weighted by atomic mass is 32.1. The van der Waals surface area contributed by atoms with Gasteiger partial charge >= 0.3 is 0 Å². The van der Waals surface area contributed by atoms with Crippen molar-refractivity contribution in [3.8, 4) is 0 Å². The van der Waals surface area contributed by atoms with E-state index in [2.05, 4.69) is 42.0 Å². The molecule has 3 heterocycles. The van der Waals surface area contributed by atoms with Crippen LogP contribution in [0.1, 0.15) is 38.0 Å². The average molecular weight is 304 g/mol. The number of aryl methyl sites for hydroxylation is 1. The number of aromatic nitrogens is 2. The Kier molecular flexibility index (Phi) is 4.29. The molecule has 0 saturated carbocycles. The number of thiophene rings is 1. The molecule has 1 aliphatic rings. The second kappa shape index (κ2) is 6.18. The molecule has 1 fully saturated rings. The lowest BCUT2D eigenvalue weighted by Gasteiger charge is -2.32. The highest BCUT2D eigenvalue weighted by Gasteiger charge is 2.22. The molecule has 0 aromatic carbocycles. The van der Waals surface area contributed by atoms with Crippen LogP contribution in [-0.2, 0) is 0 Å². The second-order valence-electron chi connectivity index (χ2n) is 5.82. The number of anilines is 2. The summed E-state index contributed by atoms with van der Waals surface area (Å²) in [6.45, 7) is 9.62. The van der Waals surface area contributed by atoms with Crippen molar-refractivity contribution in [2.75, 3.05) is 29.9 Å². The third kappa shape index (κ3) is 2.98. The van der Waals surface area contributed by atoms with E-state index >= 15 is 0 Å². The molecule has 0 radical (unpaired) electrons. The van der Waals surface area contributed by atoms with Crippen LogP contribution in [0.25, 0.3) is 10.2 Å². The first-order chi connectivity index (χ1) is 10.2. The zero-order valence-corrected chi connectivity index (χ0v) is 14.0. The highest BCUT2D eigenvalue weighted by molar-refractivity contribution is 7.18. The molecule has 1 N–H and O–H groups in total. The summed E-state index contributed by atoms with van der Waals surface area (Å²) in [5, 5.41) is 4.48. The summed E-state index contributed by atoms with van der Waals surface area (Å²) in [5.41, 5.74) is 0. The van der Waals surface area contributed by atoms with Crippen molar-refractivity contribution < 1.29 is 0 Å². The van der Waals surface area contributed by atoms with Gasteiger partial charge in [0, 0.05) is 24.5 Å². The Balaban J connectivity index is 1.96. The van der Waals surface area contributed by atoms with Crippen LogP contribution in [-0.4, -0.2) is 29.6 Å². The monoisotopic (exact) mass is 304 g/mol. The summed E-state index contributed by atoms with van der Waals surface area (Å²) in [6.07, 6.45) is 3.86. The van der Waals surface area contributed by atoms with E-state index in [9.17, 15) is 0 Å². The van der Waals surface area contributed by atoms with Crippen LogP contribution in [0.4, 0.5) is 11.8 Å². The lowest BCUT2D eigenvalue weighted by molar-refractivity contribution is 0.394. The van der Waals surface area contributed by atoms with Gasteiger partial charge in [0.15, 0.2) is 0 Å². The Morgan fingerprint density at radius 2 is 2.05 bits per heavy atom. The fourth-order valence-corrected chi connectivity index (χ4v) is 3.93. The molecule has 114 valence electrons. The van der Waals surface area contributed by atoms with Crippen molar-refractivity contribution in [3.63, 3.8) is 0 Å². The number of hydrogen-bond donors (Lipinski definition) is 1. The van der Waals surface area contributed by atoms with E-state index in [0.717, 1.165) is 42.1 Å². The van der Waals surface area contributed by atoms with Gasteiger partial charge in [-0.1, -0.05) is 13.3 Å². The molecule has 0 unspecified atom stereocenters. The van der Waals surface area contributed by atoms with Gasteiger partial charge in [-0.2, -0.15) is 4.98 Å². The van der Waals surface area contributed by atoms with Crippen molar-refractivity contribution in [2.45, 2.75) is 40.0 Å². The maximum absolute atomic E-state index is 4.79. The largest absolute Gasteiger partial charge is 0.356 e. The molecular formula is C16H24N4S. The van der Waals surface area contributed by atoms with E-state index in [1.807, 2.05) is 0 Å². The molecular weight excluding hydrogens is 280 g/mol. The number of nitrogens with zero attached hydrogens (tertiary/aromatic N) is 3. The third-order valence-electron chi connectivity index (χ3n) is 4.32. The lowest BCUT2D eigenvalue weighted by Crippen LogP contribution is -2.34. The molecule has 0 spiro atoms. The normalized spacial score (nSPS) is 16.6. The van der Waals surface area contributed by atoms with Gasteiger partial charge in [0.2, 0.25) is 5.95 Å². The van der Waals surface area contributed by atoms with E-state index in [1.165, 1.54) is 29.5 Å². The molecule has 2 aromatic rings. The molecule has 0 aliphatic carbocycles. The van der Waals surface area contributed by atoms with Crippen LogP contribution in [0.15, 0.2) is 6.07 Å². The predicted octanol–water partition coefficient (Wildman–Crippen LogP) is 4.06. The first kappa shape index (κ1) is 14.6. The molecule has 5 heteroatoms. The Bertz CT molecular complexity index is 614. The van der Waals surface area contributed by atoms with Crippen LogP contribution in [0.3, 0.4) is 0 Å². The first-order valence-electron chi connectivity index (χ1n) is 7.98. The van der Waals surface area contributed by atoms with Gasteiger partial charge in [0.05, 0.1) is 5.39 Å². The molecule has 0 bridgehead atoms. The highest BCUT2D eigenvalue weighted by Crippen LogP contribution is 2.34. The maximum Gasteiger partial charge on any atom is 0.226 e. The van der Waals surface area contributed by atoms with Crippen LogP contribution in [0.5, 0.6) is 0 Å². The molecule has 0 amide bonds. The average Bonchev–Trinajstić information content (AvgIpc) is 2.87. The predicted molar refractivity (Wildman–Crippen MR) is 91.5 cm³/mol. The zero-order chi connectivity index (χ0) is 14.8. The third-order valence-corrected chi connectivity index (χ3v) is 5.27. The van der Waals surface area contributed by atoms with Gasteiger partial charge in [-0.25, -0.2) is 4.98 Å². The standard InChI is InChI=1S/C16H24N4S/c1-4-12-6-8-20(9-7-12)14-13-10-11(3)21-15(13)19-16(18-14)17-5-2/h10,12H,4-9H2,1-3H3,(H,17,18,19). The zero-order valence-electron chi connectivity index (χ0n) is 13.1. The van der Waals surface area contributed by atoms with Crippen LogP contribution >= 0.6 is 11.3 Å². The maximum atomic E-state index is 4.79. The van der Waals surface area contributed by atoms with Gasteiger partial charge in [0.1, 0.15) is 10.6 Å². The van der Waals surface area contributed by atoms with Gasteiger partial charge in [-0.05, 0) is 38.7 Å². The number of fused-ring (bicyclic) bond motifs is 1. The minimum absolute atomic E-state index is 0.763. The number of piperidine rings is 1. The Morgan fingerprint density at radius 3 is 2.71 bits per heavy atom. The van der Waals surface area contributed by atoms with Crippen molar-refractivity contribution in [3.05, 3.63) is 10.9 Å². The minimum atomic E-state index is 0.763. The van der Waals surface area contributed by atoms with Crippen molar-refractivity contribution in [1.29, 1.82) is 0 Å². The number of rotatable bonds is 4. The quantitative estimate of drug-likeness (QED) is 0.925. The van der Waals surface area contributed by atoms with E-state index < -0.39 is 0 Å². The molecule has 1 aliphatic heterocycles. The fourth-order valence-electron chi connectivity index (χ4n) is 3.06. The van der Waals surface area contributed by atoms with Gasteiger partial charge < -0.3 is 10.2 Å². The van der Waals surface area contributed by atoms with Crippen molar-refractivity contribution >= 4 is 33.3 Å². The van der Waals surface area contributed by atoms with E-state index in [0.29, 0.717) is 0 Å². The summed E-state index contributed by atoms with van der Waals surface area (Å²) in [6, 6.07) is 2.23. The fraction of sp³-hybridized carbons (Fsp3) is 0.625. The molecule has 2 aromatic heterocycles. The van der Waals surface area contributed by atoms with E-state index in [4.69, 9.17) is 4.98 Å². The SMILES string of the molecule is CCNc1nc(N2CCC(CC)CC2)c2cc(C)sc2n1. The Labute approximate surface area is 130 Å². The number of hydrogen-bond acceptors (Lipinski definition) is 5. The Morgan fingerprint density at radius 1 is 1.29 bits per heavy atom. The first-order valence-corrected chi connectivity index (χ1v) is 8.80. The number of nitrogens with one attached hydrogen (secondary N) is 1. The topological polar surface area (TPSA) is 41.1 Å². The summed E-state index contributed by atoms with van der Waals surface area (Å²) < 4.78 is 0. The van der Waals surface area contributed by atoms with Crippen molar-refractivity contribution in [1.82, 2.24) is 9.97 Å². The van der Waals surface area contributed by atoms with E-state index in [1.54, 1.807) is 11.3 Å². The van der Waals surface area contributed by atoms with Crippen LogP contribution < -0.4 is 10.2 Å².